The molecule has 0 atom stereocenters. The molecule has 1 aromatic heterocycles. The zero-order chi connectivity index (χ0) is 17.9. The average molecular weight is 342 g/mol. The van der Waals surface area contributed by atoms with Crippen molar-refractivity contribution < 1.29 is 9.53 Å². The fourth-order valence-corrected chi connectivity index (χ4v) is 2.90. The van der Waals surface area contributed by atoms with Crippen molar-refractivity contribution >= 4 is 17.4 Å². The molecule has 0 radical (unpaired) electrons. The van der Waals surface area contributed by atoms with Gasteiger partial charge in [-0.15, -0.1) is 0 Å². The Kier molecular flexibility index (Phi) is 5.08. The van der Waals surface area contributed by atoms with Gasteiger partial charge < -0.3 is 15.4 Å². The van der Waals surface area contributed by atoms with Crippen LogP contribution in [0.25, 0.3) is 0 Å². The van der Waals surface area contributed by atoms with Gasteiger partial charge in [-0.25, -0.2) is 4.79 Å². The number of amides is 2. The molecule has 0 unspecified atom stereocenters. The van der Waals surface area contributed by atoms with Crippen molar-refractivity contribution in [2.75, 3.05) is 23.8 Å². The first-order chi connectivity index (χ1) is 11.9. The van der Waals surface area contributed by atoms with Crippen LogP contribution in [0.4, 0.5) is 16.2 Å². The van der Waals surface area contributed by atoms with E-state index in [4.69, 9.17) is 4.74 Å². The molecule has 1 fully saturated rings. The predicted molar refractivity (Wildman–Crippen MR) is 99.1 cm³/mol. The number of hydrogen-bond acceptors (Lipinski definition) is 3. The lowest BCUT2D eigenvalue weighted by atomic mass is 9.87. The van der Waals surface area contributed by atoms with Crippen LogP contribution in [-0.2, 0) is 10.2 Å². The summed E-state index contributed by atoms with van der Waals surface area (Å²) >= 11 is 0. The normalized spacial score (nSPS) is 15.8. The standard InChI is InChI=1S/C19H26N4O2/c1-19(2,3)14-4-6-15(7-5-14)21-18(24)22-16-12-20-23(13-16)17-8-10-25-11-9-17/h4-7,12-13,17H,8-11H2,1-3H3,(H2,21,22,24). The van der Waals surface area contributed by atoms with Crippen LogP contribution >= 0.6 is 0 Å². The Morgan fingerprint density at radius 3 is 2.40 bits per heavy atom. The number of nitrogens with one attached hydrogen (secondary N) is 2. The highest BCUT2D eigenvalue weighted by Gasteiger charge is 2.17. The van der Waals surface area contributed by atoms with Gasteiger partial charge in [0.25, 0.3) is 0 Å². The third-order valence-electron chi connectivity index (χ3n) is 4.43. The summed E-state index contributed by atoms with van der Waals surface area (Å²) in [5, 5.41) is 10.0. The van der Waals surface area contributed by atoms with Gasteiger partial charge in [0.2, 0.25) is 0 Å². The molecule has 0 spiro atoms. The van der Waals surface area contributed by atoms with Crippen LogP contribution in [-0.4, -0.2) is 29.0 Å². The lowest BCUT2D eigenvalue weighted by Crippen LogP contribution is -2.20. The molecule has 3 rings (SSSR count). The third-order valence-corrected chi connectivity index (χ3v) is 4.43. The van der Waals surface area contributed by atoms with E-state index in [0.717, 1.165) is 31.7 Å². The van der Waals surface area contributed by atoms with E-state index in [1.165, 1.54) is 5.56 Å². The lowest BCUT2D eigenvalue weighted by Gasteiger charge is -2.22. The van der Waals surface area contributed by atoms with Gasteiger partial charge in [-0.1, -0.05) is 32.9 Å². The molecule has 2 N–H and O–H groups in total. The minimum absolute atomic E-state index is 0.0968. The molecule has 1 aromatic carbocycles. The summed E-state index contributed by atoms with van der Waals surface area (Å²) < 4.78 is 7.28. The average Bonchev–Trinajstić information content (AvgIpc) is 3.03. The summed E-state index contributed by atoms with van der Waals surface area (Å²) in [5.41, 5.74) is 2.79. The summed E-state index contributed by atoms with van der Waals surface area (Å²) in [5.74, 6) is 0. The van der Waals surface area contributed by atoms with E-state index in [9.17, 15) is 4.79 Å². The summed E-state index contributed by atoms with van der Waals surface area (Å²) in [6, 6.07) is 8.00. The Bertz CT molecular complexity index is 710. The van der Waals surface area contributed by atoms with E-state index in [2.05, 4.69) is 36.5 Å². The Morgan fingerprint density at radius 1 is 1.12 bits per heavy atom. The van der Waals surface area contributed by atoms with Crippen LogP contribution in [0.5, 0.6) is 0 Å². The van der Waals surface area contributed by atoms with E-state index in [1.807, 2.05) is 35.1 Å². The summed E-state index contributed by atoms with van der Waals surface area (Å²) in [7, 11) is 0. The van der Waals surface area contributed by atoms with Gasteiger partial charge in [-0.2, -0.15) is 5.10 Å². The van der Waals surface area contributed by atoms with E-state index < -0.39 is 0 Å². The fourth-order valence-electron chi connectivity index (χ4n) is 2.90. The van der Waals surface area contributed by atoms with Crippen molar-refractivity contribution in [1.29, 1.82) is 0 Å². The van der Waals surface area contributed by atoms with Gasteiger partial charge in [0.15, 0.2) is 0 Å². The number of benzene rings is 1. The van der Waals surface area contributed by atoms with E-state index >= 15 is 0 Å². The van der Waals surface area contributed by atoms with Gasteiger partial charge in [0.05, 0.1) is 17.9 Å². The van der Waals surface area contributed by atoms with Crippen molar-refractivity contribution in [3.05, 3.63) is 42.2 Å². The molecule has 0 aliphatic carbocycles. The maximum atomic E-state index is 12.2. The van der Waals surface area contributed by atoms with Gasteiger partial charge in [-0.3, -0.25) is 4.68 Å². The Morgan fingerprint density at radius 2 is 1.76 bits per heavy atom. The molecule has 0 bridgehead atoms. The molecular weight excluding hydrogens is 316 g/mol. The van der Waals surface area contributed by atoms with E-state index in [-0.39, 0.29) is 11.4 Å². The van der Waals surface area contributed by atoms with Crippen LogP contribution in [0.15, 0.2) is 36.7 Å². The first-order valence-corrected chi connectivity index (χ1v) is 8.72. The van der Waals surface area contributed by atoms with Crippen molar-refractivity contribution in [3.8, 4) is 0 Å². The number of rotatable bonds is 3. The lowest BCUT2D eigenvalue weighted by molar-refractivity contribution is 0.0662. The van der Waals surface area contributed by atoms with Crippen LogP contribution in [0.3, 0.4) is 0 Å². The predicted octanol–water partition coefficient (Wildman–Crippen LogP) is 4.18. The number of hydrogen-bond donors (Lipinski definition) is 2. The number of urea groups is 1. The monoisotopic (exact) mass is 342 g/mol. The third kappa shape index (κ3) is 4.60. The fraction of sp³-hybridized carbons (Fsp3) is 0.474. The molecule has 1 saturated heterocycles. The molecule has 0 saturated carbocycles. The minimum Gasteiger partial charge on any atom is -0.381 e. The molecule has 6 heteroatoms. The van der Waals surface area contributed by atoms with Gasteiger partial charge >= 0.3 is 6.03 Å². The quantitative estimate of drug-likeness (QED) is 0.879. The second-order valence-corrected chi connectivity index (χ2v) is 7.46. The van der Waals surface area contributed by atoms with Crippen molar-refractivity contribution in [2.45, 2.75) is 45.1 Å². The number of ether oxygens (including phenoxy) is 1. The molecule has 1 aliphatic heterocycles. The Labute approximate surface area is 148 Å². The van der Waals surface area contributed by atoms with Crippen molar-refractivity contribution in [1.82, 2.24) is 9.78 Å². The topological polar surface area (TPSA) is 68.2 Å². The number of anilines is 2. The zero-order valence-corrected chi connectivity index (χ0v) is 15.1. The van der Waals surface area contributed by atoms with E-state index in [0.29, 0.717) is 11.7 Å². The maximum absolute atomic E-state index is 12.2. The smallest absolute Gasteiger partial charge is 0.323 e. The summed E-state index contributed by atoms with van der Waals surface area (Å²) in [4.78, 5) is 12.2. The molecule has 25 heavy (non-hydrogen) atoms. The van der Waals surface area contributed by atoms with Gasteiger partial charge in [-0.05, 0) is 36.0 Å². The molecule has 134 valence electrons. The molecular formula is C19H26N4O2. The second-order valence-electron chi connectivity index (χ2n) is 7.46. The first-order valence-electron chi connectivity index (χ1n) is 8.72. The number of aromatic nitrogens is 2. The largest absolute Gasteiger partial charge is 0.381 e. The van der Waals surface area contributed by atoms with Gasteiger partial charge in [0, 0.05) is 25.1 Å². The highest BCUT2D eigenvalue weighted by atomic mass is 16.5. The number of carbonyl (C=O) groups excluding carboxylic acids is 1. The SMILES string of the molecule is CC(C)(C)c1ccc(NC(=O)Nc2cnn(C3CCOCC3)c2)cc1. The zero-order valence-electron chi connectivity index (χ0n) is 15.1. The molecule has 6 nitrogen and oxygen atoms in total. The Balaban J connectivity index is 1.56. The summed E-state index contributed by atoms with van der Waals surface area (Å²) in [6.45, 7) is 8.02. The van der Waals surface area contributed by atoms with Crippen LogP contribution in [0, 0.1) is 0 Å². The highest BCUT2D eigenvalue weighted by Crippen LogP contribution is 2.24. The first kappa shape index (κ1) is 17.5. The molecule has 2 aromatic rings. The minimum atomic E-state index is -0.268. The Hall–Kier alpha value is -2.34. The summed E-state index contributed by atoms with van der Waals surface area (Å²) in [6.07, 6.45) is 5.46. The van der Waals surface area contributed by atoms with Crippen LogP contribution in [0.2, 0.25) is 0 Å². The molecule has 1 aliphatic rings. The molecule has 2 heterocycles. The second kappa shape index (κ2) is 7.27. The van der Waals surface area contributed by atoms with Crippen molar-refractivity contribution in [2.24, 2.45) is 0 Å². The maximum Gasteiger partial charge on any atom is 0.323 e. The van der Waals surface area contributed by atoms with Crippen molar-refractivity contribution in [3.63, 3.8) is 0 Å². The van der Waals surface area contributed by atoms with Crippen LogP contribution in [0.1, 0.15) is 45.2 Å². The van der Waals surface area contributed by atoms with Crippen LogP contribution < -0.4 is 10.6 Å². The molecule has 2 amide bonds. The number of carbonyl (C=O) groups is 1. The van der Waals surface area contributed by atoms with Gasteiger partial charge in [0.1, 0.15) is 0 Å². The number of nitrogens with zero attached hydrogens (tertiary/aromatic N) is 2. The highest BCUT2D eigenvalue weighted by molar-refractivity contribution is 5.99. The van der Waals surface area contributed by atoms with E-state index in [1.54, 1.807) is 6.20 Å².